The van der Waals surface area contributed by atoms with E-state index in [1.807, 2.05) is 40.7 Å². The van der Waals surface area contributed by atoms with E-state index in [9.17, 15) is 9.59 Å². The van der Waals surface area contributed by atoms with E-state index < -0.39 is 5.54 Å². The zero-order chi connectivity index (χ0) is 21.4. The molecular formula is C23H28N2O4. The van der Waals surface area contributed by atoms with Crippen molar-refractivity contribution < 1.29 is 19.1 Å². The summed E-state index contributed by atoms with van der Waals surface area (Å²) < 4.78 is 11.1. The molecule has 0 atom stereocenters. The molecular weight excluding hydrogens is 368 g/mol. The Bertz CT molecular complexity index is 944. The van der Waals surface area contributed by atoms with Crippen LogP contribution in [0.5, 0.6) is 11.5 Å². The molecule has 0 spiro atoms. The highest BCUT2D eigenvalue weighted by Gasteiger charge is 2.35. The van der Waals surface area contributed by atoms with Crippen LogP contribution in [0.25, 0.3) is 0 Å². The van der Waals surface area contributed by atoms with E-state index in [2.05, 4.69) is 5.43 Å². The number of hydrogen-bond donors (Lipinski definition) is 1. The SMILES string of the molecule is COc1cccc(C(=O)N(NC(=O)c2cccc3c2CC(C)(C)O3)C(C)(C)C)c1. The summed E-state index contributed by atoms with van der Waals surface area (Å²) in [6.45, 7) is 9.58. The fourth-order valence-electron chi connectivity index (χ4n) is 3.39. The summed E-state index contributed by atoms with van der Waals surface area (Å²) in [5.41, 5.74) is 3.62. The summed E-state index contributed by atoms with van der Waals surface area (Å²) in [6, 6.07) is 12.3. The van der Waals surface area contributed by atoms with Gasteiger partial charge in [0, 0.05) is 23.1 Å². The van der Waals surface area contributed by atoms with Crippen molar-refractivity contribution in [2.75, 3.05) is 7.11 Å². The van der Waals surface area contributed by atoms with Gasteiger partial charge in [-0.3, -0.25) is 15.0 Å². The molecule has 2 amide bonds. The largest absolute Gasteiger partial charge is 0.497 e. The third kappa shape index (κ3) is 4.36. The minimum Gasteiger partial charge on any atom is -0.497 e. The quantitative estimate of drug-likeness (QED) is 0.797. The van der Waals surface area contributed by atoms with Crippen LogP contribution in [0.3, 0.4) is 0 Å². The first kappa shape index (κ1) is 20.7. The highest BCUT2D eigenvalue weighted by Crippen LogP contribution is 2.36. The molecule has 2 aromatic rings. The molecule has 0 unspecified atom stereocenters. The van der Waals surface area contributed by atoms with Gasteiger partial charge in [0.1, 0.15) is 17.1 Å². The van der Waals surface area contributed by atoms with E-state index in [1.165, 1.54) is 5.01 Å². The lowest BCUT2D eigenvalue weighted by Crippen LogP contribution is -2.56. The Balaban J connectivity index is 1.90. The molecule has 29 heavy (non-hydrogen) atoms. The lowest BCUT2D eigenvalue weighted by atomic mass is 9.97. The van der Waals surface area contributed by atoms with E-state index in [-0.39, 0.29) is 17.4 Å². The average Bonchev–Trinajstić information content (AvgIpc) is 2.98. The summed E-state index contributed by atoms with van der Waals surface area (Å²) in [6.07, 6.45) is 0.630. The van der Waals surface area contributed by atoms with Crippen LogP contribution in [-0.4, -0.2) is 35.1 Å². The van der Waals surface area contributed by atoms with E-state index >= 15 is 0 Å². The van der Waals surface area contributed by atoms with Crippen molar-refractivity contribution in [3.8, 4) is 11.5 Å². The molecule has 0 saturated carbocycles. The van der Waals surface area contributed by atoms with Crippen LogP contribution in [0.1, 0.15) is 60.9 Å². The smallest absolute Gasteiger partial charge is 0.272 e. The second kappa shape index (κ2) is 7.43. The normalized spacial score (nSPS) is 14.6. The minimum atomic E-state index is -0.635. The van der Waals surface area contributed by atoms with Crippen LogP contribution in [0.2, 0.25) is 0 Å². The van der Waals surface area contributed by atoms with Crippen molar-refractivity contribution in [2.24, 2.45) is 0 Å². The van der Waals surface area contributed by atoms with Gasteiger partial charge in [-0.05, 0) is 65.0 Å². The first-order valence-corrected chi connectivity index (χ1v) is 9.62. The van der Waals surface area contributed by atoms with Crippen LogP contribution in [0.15, 0.2) is 42.5 Å². The van der Waals surface area contributed by atoms with E-state index in [1.54, 1.807) is 43.5 Å². The number of nitrogens with zero attached hydrogens (tertiary/aromatic N) is 1. The van der Waals surface area contributed by atoms with Crippen molar-refractivity contribution in [1.29, 1.82) is 0 Å². The average molecular weight is 396 g/mol. The number of benzene rings is 2. The van der Waals surface area contributed by atoms with Crippen molar-refractivity contribution in [1.82, 2.24) is 10.4 Å². The minimum absolute atomic E-state index is 0.311. The summed E-state index contributed by atoms with van der Waals surface area (Å²) >= 11 is 0. The summed E-state index contributed by atoms with van der Waals surface area (Å²) in [7, 11) is 1.55. The van der Waals surface area contributed by atoms with E-state index in [0.717, 1.165) is 5.56 Å². The maximum Gasteiger partial charge on any atom is 0.272 e. The second-order valence-electron chi connectivity index (χ2n) is 8.81. The number of nitrogens with one attached hydrogen (secondary N) is 1. The Morgan fingerprint density at radius 2 is 1.83 bits per heavy atom. The number of hydrazine groups is 1. The van der Waals surface area contributed by atoms with Gasteiger partial charge in [-0.2, -0.15) is 0 Å². The predicted octanol–water partition coefficient (Wildman–Crippen LogP) is 3.99. The molecule has 1 heterocycles. The molecule has 0 fully saturated rings. The van der Waals surface area contributed by atoms with Crippen molar-refractivity contribution >= 4 is 11.8 Å². The third-order valence-corrected chi connectivity index (χ3v) is 4.77. The lowest BCUT2D eigenvalue weighted by Gasteiger charge is -2.35. The van der Waals surface area contributed by atoms with Gasteiger partial charge in [-0.25, -0.2) is 5.01 Å². The molecule has 6 heteroatoms. The Kier molecular flexibility index (Phi) is 5.30. The van der Waals surface area contributed by atoms with E-state index in [4.69, 9.17) is 9.47 Å². The molecule has 0 radical (unpaired) electrons. The van der Waals surface area contributed by atoms with Crippen LogP contribution < -0.4 is 14.9 Å². The number of hydrogen-bond acceptors (Lipinski definition) is 4. The van der Waals surface area contributed by atoms with Gasteiger partial charge in [0.25, 0.3) is 11.8 Å². The Hall–Kier alpha value is -3.02. The monoisotopic (exact) mass is 396 g/mol. The second-order valence-corrected chi connectivity index (χ2v) is 8.81. The van der Waals surface area contributed by atoms with Gasteiger partial charge in [0.15, 0.2) is 0 Å². The zero-order valence-corrected chi connectivity index (χ0v) is 17.8. The number of amides is 2. The van der Waals surface area contributed by atoms with Crippen LogP contribution in [0.4, 0.5) is 0 Å². The molecule has 0 saturated heterocycles. The van der Waals surface area contributed by atoms with E-state index in [0.29, 0.717) is 29.0 Å². The fraction of sp³-hybridized carbons (Fsp3) is 0.391. The van der Waals surface area contributed by atoms with Crippen LogP contribution >= 0.6 is 0 Å². The standard InChI is InChI=1S/C23H28N2O4/c1-22(2,3)25(21(27)15-9-7-10-16(13-15)28-6)24-20(26)17-11-8-12-19-18(17)14-23(4,5)29-19/h7-13H,14H2,1-6H3,(H,24,26). The number of carbonyl (C=O) groups excluding carboxylic acids is 2. The zero-order valence-electron chi connectivity index (χ0n) is 17.8. The molecule has 2 aromatic carbocycles. The Morgan fingerprint density at radius 1 is 1.14 bits per heavy atom. The molecule has 3 rings (SSSR count). The fourth-order valence-corrected chi connectivity index (χ4v) is 3.39. The molecule has 6 nitrogen and oxygen atoms in total. The molecule has 0 aromatic heterocycles. The lowest BCUT2D eigenvalue weighted by molar-refractivity contribution is 0.0358. The molecule has 1 N–H and O–H groups in total. The molecule has 1 aliphatic rings. The number of methoxy groups -OCH3 is 1. The van der Waals surface area contributed by atoms with Crippen LogP contribution in [-0.2, 0) is 6.42 Å². The summed E-state index contributed by atoms with van der Waals surface area (Å²) in [4.78, 5) is 26.3. The van der Waals surface area contributed by atoms with Gasteiger partial charge in [-0.1, -0.05) is 12.1 Å². The maximum absolute atomic E-state index is 13.2. The van der Waals surface area contributed by atoms with Gasteiger partial charge in [-0.15, -0.1) is 0 Å². The highest BCUT2D eigenvalue weighted by molar-refractivity contribution is 6.00. The van der Waals surface area contributed by atoms with Gasteiger partial charge in [0.05, 0.1) is 12.6 Å². The number of carbonyl (C=O) groups is 2. The number of ether oxygens (including phenoxy) is 2. The topological polar surface area (TPSA) is 67.9 Å². The number of rotatable bonds is 3. The molecule has 0 bridgehead atoms. The van der Waals surface area contributed by atoms with Gasteiger partial charge in [0.2, 0.25) is 0 Å². The molecule has 154 valence electrons. The highest BCUT2D eigenvalue weighted by atomic mass is 16.5. The Morgan fingerprint density at radius 3 is 2.48 bits per heavy atom. The predicted molar refractivity (Wildman–Crippen MR) is 111 cm³/mol. The van der Waals surface area contributed by atoms with Crippen molar-refractivity contribution in [2.45, 2.75) is 52.2 Å². The summed E-state index contributed by atoms with van der Waals surface area (Å²) in [5.74, 6) is 0.642. The Labute approximate surface area is 171 Å². The maximum atomic E-state index is 13.2. The number of fused-ring (bicyclic) bond motifs is 1. The third-order valence-electron chi connectivity index (χ3n) is 4.77. The first-order valence-electron chi connectivity index (χ1n) is 9.62. The first-order chi connectivity index (χ1) is 13.5. The van der Waals surface area contributed by atoms with Gasteiger partial charge < -0.3 is 9.47 Å². The van der Waals surface area contributed by atoms with Crippen molar-refractivity contribution in [3.63, 3.8) is 0 Å². The van der Waals surface area contributed by atoms with Crippen molar-refractivity contribution in [3.05, 3.63) is 59.2 Å². The van der Waals surface area contributed by atoms with Crippen LogP contribution in [0, 0.1) is 0 Å². The van der Waals surface area contributed by atoms with Gasteiger partial charge >= 0.3 is 0 Å². The molecule has 0 aliphatic carbocycles. The summed E-state index contributed by atoms with van der Waals surface area (Å²) in [5, 5.41) is 1.37. The molecule has 1 aliphatic heterocycles.